The second kappa shape index (κ2) is 7.72. The maximum absolute atomic E-state index is 13.7. The van der Waals surface area contributed by atoms with Crippen molar-refractivity contribution in [1.82, 2.24) is 4.90 Å². The maximum Gasteiger partial charge on any atom is 0.242 e. The summed E-state index contributed by atoms with van der Waals surface area (Å²) in [5.41, 5.74) is 0.290. The van der Waals surface area contributed by atoms with E-state index in [1.807, 2.05) is 0 Å². The molecule has 1 atom stereocenters. The molecule has 0 radical (unpaired) electrons. The summed E-state index contributed by atoms with van der Waals surface area (Å²) in [5.74, 6) is -0.343. The van der Waals surface area contributed by atoms with E-state index in [1.165, 1.54) is 6.07 Å². The van der Waals surface area contributed by atoms with E-state index < -0.39 is 15.7 Å². The number of rotatable bonds is 5. The van der Waals surface area contributed by atoms with Crippen molar-refractivity contribution in [1.29, 1.82) is 0 Å². The smallest absolute Gasteiger partial charge is 0.242 e. The van der Waals surface area contributed by atoms with Gasteiger partial charge >= 0.3 is 0 Å². The van der Waals surface area contributed by atoms with E-state index >= 15 is 0 Å². The molecule has 25 heavy (non-hydrogen) atoms. The molecule has 0 spiro atoms. The fraction of sp³-hybridized carbons (Fsp3) is 0.611. The van der Waals surface area contributed by atoms with Crippen molar-refractivity contribution >= 4 is 21.4 Å². The second-order valence-electron chi connectivity index (χ2n) is 6.98. The summed E-state index contributed by atoms with van der Waals surface area (Å²) in [6, 6.07) is 6.09. The molecule has 2 fully saturated rings. The van der Waals surface area contributed by atoms with Crippen LogP contribution in [0.15, 0.2) is 24.3 Å². The highest BCUT2D eigenvalue weighted by atomic mass is 32.2. The number of nitrogens with one attached hydrogen (secondary N) is 1. The number of hydrogen-bond acceptors (Lipinski definition) is 4. The third-order valence-electron chi connectivity index (χ3n) is 5.16. The molecule has 1 amide bonds. The van der Waals surface area contributed by atoms with Gasteiger partial charge in [0.05, 0.1) is 23.7 Å². The first-order chi connectivity index (χ1) is 12.0. The van der Waals surface area contributed by atoms with Crippen molar-refractivity contribution in [2.24, 2.45) is 0 Å². The third-order valence-corrected chi connectivity index (χ3v) is 6.91. The van der Waals surface area contributed by atoms with Crippen molar-refractivity contribution in [3.8, 4) is 0 Å². The molecular formula is C18H25FN2O3S. The van der Waals surface area contributed by atoms with Crippen LogP contribution in [0.5, 0.6) is 0 Å². The van der Waals surface area contributed by atoms with Gasteiger partial charge in [0.1, 0.15) is 5.82 Å². The van der Waals surface area contributed by atoms with Crippen LogP contribution < -0.4 is 5.32 Å². The molecular weight excluding hydrogens is 343 g/mol. The van der Waals surface area contributed by atoms with Crippen LogP contribution >= 0.6 is 0 Å². The number of carbonyl (C=O) groups is 1. The molecule has 1 N–H and O–H groups in total. The van der Waals surface area contributed by atoms with E-state index in [9.17, 15) is 17.6 Å². The molecule has 1 saturated heterocycles. The Bertz CT molecular complexity index is 717. The van der Waals surface area contributed by atoms with Crippen LogP contribution in [-0.2, 0) is 14.6 Å². The molecule has 0 bridgehead atoms. The lowest BCUT2D eigenvalue weighted by Crippen LogP contribution is -2.50. The highest BCUT2D eigenvalue weighted by Gasteiger charge is 2.38. The molecule has 138 valence electrons. The van der Waals surface area contributed by atoms with Crippen molar-refractivity contribution in [2.75, 3.05) is 23.4 Å². The van der Waals surface area contributed by atoms with Crippen LogP contribution in [0.2, 0.25) is 0 Å². The summed E-state index contributed by atoms with van der Waals surface area (Å²) < 4.78 is 37.5. The maximum atomic E-state index is 13.7. The molecule has 1 aromatic carbocycles. The molecule has 1 aliphatic heterocycles. The lowest BCUT2D eigenvalue weighted by Gasteiger charge is -2.38. The summed E-state index contributed by atoms with van der Waals surface area (Å²) in [4.78, 5) is 14.7. The monoisotopic (exact) mass is 368 g/mol. The standard InChI is InChI=1S/C18H25FN2O3S/c19-16-8-4-5-9-17(16)20-12-18(22)21(14-6-2-1-3-7-14)15-10-11-25(23,24)13-15/h4-5,8-9,14-15,20H,1-3,6-7,10-13H2. The molecule has 2 aliphatic rings. The molecule has 1 heterocycles. The minimum absolute atomic E-state index is 0.0199. The van der Waals surface area contributed by atoms with E-state index in [0.717, 1.165) is 32.1 Å². The van der Waals surface area contributed by atoms with E-state index in [4.69, 9.17) is 0 Å². The molecule has 3 rings (SSSR count). The highest BCUT2D eigenvalue weighted by molar-refractivity contribution is 7.91. The zero-order valence-corrected chi connectivity index (χ0v) is 15.1. The molecule has 5 nitrogen and oxygen atoms in total. The van der Waals surface area contributed by atoms with Gasteiger partial charge in [0.25, 0.3) is 0 Å². The zero-order chi connectivity index (χ0) is 17.9. The van der Waals surface area contributed by atoms with E-state index in [1.54, 1.807) is 23.1 Å². The largest absolute Gasteiger partial charge is 0.374 e. The normalized spacial score (nSPS) is 23.3. The van der Waals surface area contributed by atoms with Crippen LogP contribution in [0.25, 0.3) is 0 Å². The summed E-state index contributed by atoms with van der Waals surface area (Å²) in [6.45, 7) is -0.0199. The number of sulfone groups is 1. The number of amides is 1. The van der Waals surface area contributed by atoms with Gasteiger partial charge in [-0.25, -0.2) is 12.8 Å². The fourth-order valence-corrected chi connectivity index (χ4v) is 5.64. The third kappa shape index (κ3) is 4.51. The Balaban J connectivity index is 1.71. The SMILES string of the molecule is O=C(CNc1ccccc1F)N(C1CCCCC1)C1CCS(=O)(=O)C1. The van der Waals surface area contributed by atoms with E-state index in [0.29, 0.717) is 12.1 Å². The van der Waals surface area contributed by atoms with Crippen LogP contribution in [0.4, 0.5) is 10.1 Å². The van der Waals surface area contributed by atoms with Gasteiger partial charge in [-0.3, -0.25) is 4.79 Å². The number of anilines is 1. The lowest BCUT2D eigenvalue weighted by atomic mass is 9.93. The number of nitrogens with zero attached hydrogens (tertiary/aromatic N) is 1. The quantitative estimate of drug-likeness (QED) is 0.868. The second-order valence-corrected chi connectivity index (χ2v) is 9.21. The lowest BCUT2D eigenvalue weighted by molar-refractivity contribution is -0.134. The van der Waals surface area contributed by atoms with Crippen molar-refractivity contribution < 1.29 is 17.6 Å². The Morgan fingerprint density at radius 1 is 1.12 bits per heavy atom. The summed E-state index contributed by atoms with van der Waals surface area (Å²) in [6.07, 6.45) is 5.63. The Morgan fingerprint density at radius 3 is 2.48 bits per heavy atom. The Hall–Kier alpha value is -1.63. The zero-order valence-electron chi connectivity index (χ0n) is 14.3. The Kier molecular flexibility index (Phi) is 5.61. The number of carbonyl (C=O) groups excluding carboxylic acids is 1. The van der Waals surface area contributed by atoms with Gasteiger partial charge in [-0.05, 0) is 31.4 Å². The predicted molar refractivity (Wildman–Crippen MR) is 95.7 cm³/mol. The number of benzene rings is 1. The highest BCUT2D eigenvalue weighted by Crippen LogP contribution is 2.28. The first-order valence-corrected chi connectivity index (χ1v) is 10.8. The first kappa shape index (κ1) is 18.2. The average Bonchev–Trinajstić information content (AvgIpc) is 2.95. The molecule has 1 aliphatic carbocycles. The average molecular weight is 368 g/mol. The van der Waals surface area contributed by atoms with Gasteiger partial charge in [0, 0.05) is 12.1 Å². The van der Waals surface area contributed by atoms with E-state index in [2.05, 4.69) is 5.32 Å². The summed E-state index contributed by atoms with van der Waals surface area (Å²) in [7, 11) is -3.06. The number of para-hydroxylation sites is 1. The van der Waals surface area contributed by atoms with Gasteiger partial charge in [-0.1, -0.05) is 31.4 Å². The number of halogens is 1. The van der Waals surface area contributed by atoms with Gasteiger partial charge in [-0.2, -0.15) is 0 Å². The summed E-state index contributed by atoms with van der Waals surface area (Å²) >= 11 is 0. The van der Waals surface area contributed by atoms with Crippen molar-refractivity contribution in [2.45, 2.75) is 50.6 Å². The molecule has 7 heteroatoms. The Morgan fingerprint density at radius 2 is 1.84 bits per heavy atom. The van der Waals surface area contributed by atoms with Gasteiger partial charge in [-0.15, -0.1) is 0 Å². The van der Waals surface area contributed by atoms with Crippen molar-refractivity contribution in [3.63, 3.8) is 0 Å². The predicted octanol–water partition coefficient (Wildman–Crippen LogP) is 2.59. The van der Waals surface area contributed by atoms with Crippen LogP contribution in [-0.4, -0.2) is 49.4 Å². The Labute approximate surface area is 148 Å². The van der Waals surface area contributed by atoms with E-state index in [-0.39, 0.29) is 36.0 Å². The van der Waals surface area contributed by atoms with Gasteiger partial charge in [0.15, 0.2) is 9.84 Å². The molecule has 1 unspecified atom stereocenters. The molecule has 0 aromatic heterocycles. The van der Waals surface area contributed by atoms with Gasteiger partial charge < -0.3 is 10.2 Å². The number of hydrogen-bond donors (Lipinski definition) is 1. The fourth-order valence-electron chi connectivity index (χ4n) is 3.93. The van der Waals surface area contributed by atoms with Crippen LogP contribution in [0.3, 0.4) is 0 Å². The minimum atomic E-state index is -3.06. The molecule has 1 aromatic rings. The first-order valence-electron chi connectivity index (χ1n) is 8.96. The van der Waals surface area contributed by atoms with Crippen molar-refractivity contribution in [3.05, 3.63) is 30.1 Å². The molecule has 1 saturated carbocycles. The van der Waals surface area contributed by atoms with Crippen LogP contribution in [0, 0.1) is 5.82 Å². The topological polar surface area (TPSA) is 66.5 Å². The summed E-state index contributed by atoms with van der Waals surface area (Å²) in [5, 5.41) is 2.86. The van der Waals surface area contributed by atoms with Gasteiger partial charge in [0.2, 0.25) is 5.91 Å². The van der Waals surface area contributed by atoms with Crippen LogP contribution in [0.1, 0.15) is 38.5 Å². The minimum Gasteiger partial charge on any atom is -0.374 e.